The van der Waals surface area contributed by atoms with Crippen LogP contribution >= 0.6 is 0 Å². The Labute approximate surface area is 134 Å². The van der Waals surface area contributed by atoms with Crippen molar-refractivity contribution < 1.29 is 4.42 Å². The number of benzene rings is 3. The fraction of sp³-hybridized carbons (Fsp3) is 0.190. The number of hydrogen-bond donors (Lipinski definition) is 0. The van der Waals surface area contributed by atoms with Crippen LogP contribution in [-0.2, 0) is 5.41 Å². The minimum absolute atomic E-state index is 0.124. The molecule has 0 bridgehead atoms. The Morgan fingerprint density at radius 3 is 2.48 bits per heavy atom. The molecule has 0 fully saturated rings. The lowest BCUT2D eigenvalue weighted by Crippen LogP contribution is -2.10. The molecule has 0 spiro atoms. The average Bonchev–Trinajstić information content (AvgIpc) is 2.92. The summed E-state index contributed by atoms with van der Waals surface area (Å²) in [6.45, 7) is 6.75. The fourth-order valence-corrected chi connectivity index (χ4v) is 3.63. The summed E-state index contributed by atoms with van der Waals surface area (Å²) >= 11 is 0. The predicted molar refractivity (Wildman–Crippen MR) is 96.4 cm³/mol. The smallest absolute Gasteiger partial charge is 0.139 e. The van der Waals surface area contributed by atoms with Gasteiger partial charge in [0.2, 0.25) is 0 Å². The van der Waals surface area contributed by atoms with Gasteiger partial charge in [-0.1, -0.05) is 45.0 Å². The van der Waals surface area contributed by atoms with Gasteiger partial charge in [0.15, 0.2) is 0 Å². The lowest BCUT2D eigenvalue weighted by Gasteiger charge is -2.20. The van der Waals surface area contributed by atoms with Gasteiger partial charge in [0.1, 0.15) is 11.2 Å². The first-order valence-corrected chi connectivity index (χ1v) is 7.99. The highest BCUT2D eigenvalue weighted by atomic mass is 16.3. The van der Waals surface area contributed by atoms with Crippen molar-refractivity contribution >= 4 is 43.6 Å². The standard InChI is InChI=1S/C21H17NO/c1-21(2,3)12-7-8-14-15(11-12)13-5-4-6-16-18(13)19-17(23-16)9-10-22-20(14)19/h4-11H,1-3H3. The fourth-order valence-electron chi connectivity index (χ4n) is 3.63. The summed E-state index contributed by atoms with van der Waals surface area (Å²) in [6.07, 6.45) is 1.84. The van der Waals surface area contributed by atoms with E-state index in [4.69, 9.17) is 4.42 Å². The third-order valence-electron chi connectivity index (χ3n) is 4.84. The highest BCUT2D eigenvalue weighted by Gasteiger charge is 2.19. The third kappa shape index (κ3) is 1.61. The van der Waals surface area contributed by atoms with E-state index in [9.17, 15) is 0 Å². The van der Waals surface area contributed by atoms with E-state index in [1.165, 1.54) is 27.1 Å². The lowest BCUT2D eigenvalue weighted by atomic mass is 9.84. The van der Waals surface area contributed by atoms with Crippen molar-refractivity contribution in [1.82, 2.24) is 4.98 Å². The van der Waals surface area contributed by atoms with E-state index in [-0.39, 0.29) is 5.41 Å². The topological polar surface area (TPSA) is 26.0 Å². The molecule has 0 saturated carbocycles. The van der Waals surface area contributed by atoms with Gasteiger partial charge in [0.25, 0.3) is 0 Å². The van der Waals surface area contributed by atoms with Gasteiger partial charge >= 0.3 is 0 Å². The van der Waals surface area contributed by atoms with Crippen LogP contribution < -0.4 is 0 Å². The molecule has 0 aliphatic rings. The minimum Gasteiger partial charge on any atom is -0.456 e. The molecule has 5 aromatic rings. The first kappa shape index (κ1) is 12.9. The highest BCUT2D eigenvalue weighted by Crippen LogP contribution is 2.42. The zero-order chi connectivity index (χ0) is 15.8. The second kappa shape index (κ2) is 4.02. The molecule has 2 nitrogen and oxygen atoms in total. The van der Waals surface area contributed by atoms with Gasteiger partial charge < -0.3 is 4.42 Å². The third-order valence-corrected chi connectivity index (χ3v) is 4.84. The number of aromatic nitrogens is 1. The number of hydrogen-bond acceptors (Lipinski definition) is 2. The summed E-state index contributed by atoms with van der Waals surface area (Å²) in [5.74, 6) is 0. The molecule has 2 aromatic heterocycles. The van der Waals surface area contributed by atoms with E-state index >= 15 is 0 Å². The van der Waals surface area contributed by atoms with Crippen molar-refractivity contribution in [2.75, 3.05) is 0 Å². The monoisotopic (exact) mass is 299 g/mol. The van der Waals surface area contributed by atoms with Gasteiger partial charge in [-0.15, -0.1) is 0 Å². The van der Waals surface area contributed by atoms with Crippen LogP contribution in [0.1, 0.15) is 26.3 Å². The molecular weight excluding hydrogens is 282 g/mol. The van der Waals surface area contributed by atoms with Crippen molar-refractivity contribution in [2.45, 2.75) is 26.2 Å². The molecule has 0 aliphatic heterocycles. The van der Waals surface area contributed by atoms with E-state index in [2.05, 4.69) is 56.1 Å². The quantitative estimate of drug-likeness (QED) is 0.327. The van der Waals surface area contributed by atoms with Crippen LogP contribution in [0.4, 0.5) is 0 Å². The molecule has 112 valence electrons. The first-order chi connectivity index (χ1) is 11.0. The molecule has 0 aliphatic carbocycles. The maximum atomic E-state index is 6.04. The van der Waals surface area contributed by atoms with Crippen LogP contribution in [0.15, 0.2) is 53.1 Å². The van der Waals surface area contributed by atoms with Crippen molar-refractivity contribution in [3.63, 3.8) is 0 Å². The van der Waals surface area contributed by atoms with E-state index in [1.54, 1.807) is 0 Å². The lowest BCUT2D eigenvalue weighted by molar-refractivity contribution is 0.591. The normalized spacial score (nSPS) is 13.0. The Hall–Kier alpha value is -2.61. The van der Waals surface area contributed by atoms with Gasteiger partial charge in [-0.05, 0) is 39.9 Å². The first-order valence-electron chi connectivity index (χ1n) is 7.99. The van der Waals surface area contributed by atoms with Gasteiger partial charge in [-0.25, -0.2) is 0 Å². The van der Waals surface area contributed by atoms with E-state index < -0.39 is 0 Å². The second-order valence-corrected chi connectivity index (χ2v) is 7.32. The van der Waals surface area contributed by atoms with Crippen molar-refractivity contribution in [3.05, 3.63) is 54.2 Å². The van der Waals surface area contributed by atoms with Crippen LogP contribution in [-0.4, -0.2) is 4.98 Å². The van der Waals surface area contributed by atoms with Crippen LogP contribution in [0, 0.1) is 0 Å². The Morgan fingerprint density at radius 2 is 1.65 bits per heavy atom. The summed E-state index contributed by atoms with van der Waals surface area (Å²) in [7, 11) is 0. The molecule has 0 N–H and O–H groups in total. The molecule has 0 saturated heterocycles. The maximum Gasteiger partial charge on any atom is 0.139 e. The van der Waals surface area contributed by atoms with Crippen molar-refractivity contribution in [2.24, 2.45) is 0 Å². The second-order valence-electron chi connectivity index (χ2n) is 7.32. The molecule has 0 amide bonds. The van der Waals surface area contributed by atoms with Gasteiger partial charge in [0.05, 0.1) is 10.9 Å². The molecule has 0 radical (unpaired) electrons. The van der Waals surface area contributed by atoms with Gasteiger partial charge in [0, 0.05) is 17.0 Å². The molecule has 0 atom stereocenters. The minimum atomic E-state index is 0.124. The number of furan rings is 1. The SMILES string of the molecule is CC(C)(C)c1ccc2c(c1)c1cccc3oc4ccnc2c4c31. The Balaban J connectivity index is 2.11. The van der Waals surface area contributed by atoms with Gasteiger partial charge in [-0.2, -0.15) is 0 Å². The molecule has 3 aromatic carbocycles. The summed E-state index contributed by atoms with van der Waals surface area (Å²) < 4.78 is 6.04. The van der Waals surface area contributed by atoms with Crippen LogP contribution in [0.25, 0.3) is 43.6 Å². The summed E-state index contributed by atoms with van der Waals surface area (Å²) in [4.78, 5) is 4.67. The van der Waals surface area contributed by atoms with E-state index in [0.717, 1.165) is 22.1 Å². The molecule has 2 heterocycles. The van der Waals surface area contributed by atoms with Crippen LogP contribution in [0.5, 0.6) is 0 Å². The largest absolute Gasteiger partial charge is 0.456 e. The molecule has 23 heavy (non-hydrogen) atoms. The summed E-state index contributed by atoms with van der Waals surface area (Å²) in [5.41, 5.74) is 4.36. The van der Waals surface area contributed by atoms with Gasteiger partial charge in [-0.3, -0.25) is 4.98 Å². The Morgan fingerprint density at radius 1 is 0.826 bits per heavy atom. The van der Waals surface area contributed by atoms with Crippen molar-refractivity contribution in [1.29, 1.82) is 0 Å². The van der Waals surface area contributed by atoms with Crippen molar-refractivity contribution in [3.8, 4) is 0 Å². The summed E-state index contributed by atoms with van der Waals surface area (Å²) in [6, 6.07) is 15.0. The number of rotatable bonds is 0. The number of fused-ring (bicyclic) bond motifs is 3. The summed E-state index contributed by atoms with van der Waals surface area (Å²) in [5, 5.41) is 6.06. The molecular formula is C21H17NO. The highest BCUT2D eigenvalue weighted by molar-refractivity contribution is 6.31. The zero-order valence-corrected chi connectivity index (χ0v) is 13.5. The zero-order valence-electron chi connectivity index (χ0n) is 13.5. The molecule has 0 unspecified atom stereocenters. The number of nitrogens with zero attached hydrogens (tertiary/aromatic N) is 1. The Bertz CT molecular complexity index is 1190. The molecule has 5 rings (SSSR count). The molecule has 2 heteroatoms. The van der Waals surface area contributed by atoms with Crippen LogP contribution in [0.2, 0.25) is 0 Å². The Kier molecular flexibility index (Phi) is 2.25. The maximum absolute atomic E-state index is 6.04. The van der Waals surface area contributed by atoms with Crippen LogP contribution in [0.3, 0.4) is 0 Å². The number of pyridine rings is 1. The van der Waals surface area contributed by atoms with E-state index in [1.807, 2.05) is 18.3 Å². The predicted octanol–water partition coefficient (Wildman–Crippen LogP) is 6.02. The average molecular weight is 299 g/mol. The van der Waals surface area contributed by atoms with E-state index in [0.29, 0.717) is 0 Å².